The van der Waals surface area contributed by atoms with Crippen molar-refractivity contribution in [3.05, 3.63) is 77.2 Å². The van der Waals surface area contributed by atoms with Crippen molar-refractivity contribution in [3.8, 4) is 0 Å². The summed E-state index contributed by atoms with van der Waals surface area (Å²) in [5.41, 5.74) is 1.58. The van der Waals surface area contributed by atoms with Crippen molar-refractivity contribution >= 4 is 42.8 Å². The van der Waals surface area contributed by atoms with Gasteiger partial charge in [0.15, 0.2) is 9.84 Å². The lowest BCUT2D eigenvalue weighted by molar-refractivity contribution is 0.0940. The molecule has 2 aromatic carbocycles. The quantitative estimate of drug-likeness (QED) is 0.560. The number of nitrogens with one attached hydrogen (secondary N) is 1. The van der Waals surface area contributed by atoms with Gasteiger partial charge in [-0.15, -0.1) is 11.3 Å². The summed E-state index contributed by atoms with van der Waals surface area (Å²) in [6.45, 7) is 1.79. The summed E-state index contributed by atoms with van der Waals surface area (Å²) in [5.74, 6) is -0.324. The van der Waals surface area contributed by atoms with E-state index in [0.29, 0.717) is 11.3 Å². The predicted octanol–water partition coefficient (Wildman–Crippen LogP) is 3.47. The second-order valence-corrected chi connectivity index (χ2v) is 12.1. The third kappa shape index (κ3) is 5.15. The molecule has 0 aliphatic carbocycles. The van der Waals surface area contributed by atoms with Gasteiger partial charge in [0.25, 0.3) is 15.9 Å². The van der Waals surface area contributed by atoms with E-state index in [2.05, 4.69) is 5.32 Å². The summed E-state index contributed by atoms with van der Waals surface area (Å²) in [4.78, 5) is 12.8. The van der Waals surface area contributed by atoms with E-state index in [1.165, 1.54) is 23.5 Å². The average Bonchev–Trinajstić information content (AvgIpc) is 3.28. The zero-order chi connectivity index (χ0) is 22.8. The van der Waals surface area contributed by atoms with Crippen LogP contribution in [-0.4, -0.2) is 36.0 Å². The van der Waals surface area contributed by atoms with Crippen molar-refractivity contribution in [1.29, 1.82) is 0 Å². The number of amides is 1. The standard InChI is InChI=1S/C21H22N2O5S3/c1-15(16-8-12-19(13-9-16)30(3,25)26)22-21(24)17-6-10-18(11-7-17)23(2)31(27,28)20-5-4-14-29-20/h4-15H,1-3H3,(H,22,24)/t15-/m1/s1. The Morgan fingerprint density at radius 3 is 2.10 bits per heavy atom. The molecule has 0 saturated heterocycles. The molecule has 1 aromatic heterocycles. The lowest BCUT2D eigenvalue weighted by Crippen LogP contribution is -2.27. The molecule has 10 heteroatoms. The van der Waals surface area contributed by atoms with Gasteiger partial charge in [-0.05, 0) is 60.3 Å². The summed E-state index contributed by atoms with van der Waals surface area (Å²) in [7, 11) is -5.46. The minimum absolute atomic E-state index is 0.215. The number of hydrogen-bond donors (Lipinski definition) is 1. The van der Waals surface area contributed by atoms with Crippen molar-refractivity contribution in [1.82, 2.24) is 5.32 Å². The third-order valence-corrected chi connectivity index (χ3v) is 9.05. The number of benzene rings is 2. The Labute approximate surface area is 186 Å². The minimum atomic E-state index is -3.64. The number of carbonyl (C=O) groups excluding carboxylic acids is 1. The Morgan fingerprint density at radius 1 is 0.968 bits per heavy atom. The van der Waals surface area contributed by atoms with Crippen LogP contribution in [0.3, 0.4) is 0 Å². The lowest BCUT2D eigenvalue weighted by atomic mass is 10.1. The second-order valence-electron chi connectivity index (χ2n) is 6.99. The normalized spacial score (nSPS) is 12.9. The van der Waals surface area contributed by atoms with Gasteiger partial charge in [0.05, 0.1) is 16.6 Å². The first kappa shape index (κ1) is 23.0. The number of thiophene rings is 1. The largest absolute Gasteiger partial charge is 0.346 e. The highest BCUT2D eigenvalue weighted by atomic mass is 32.2. The van der Waals surface area contributed by atoms with E-state index in [1.54, 1.807) is 60.8 Å². The van der Waals surface area contributed by atoms with E-state index in [9.17, 15) is 21.6 Å². The van der Waals surface area contributed by atoms with E-state index in [4.69, 9.17) is 0 Å². The van der Waals surface area contributed by atoms with Gasteiger partial charge in [-0.25, -0.2) is 16.8 Å². The van der Waals surface area contributed by atoms with Crippen LogP contribution in [0, 0.1) is 0 Å². The molecule has 0 saturated carbocycles. The van der Waals surface area contributed by atoms with Gasteiger partial charge in [0.2, 0.25) is 0 Å². The van der Waals surface area contributed by atoms with Crippen LogP contribution < -0.4 is 9.62 Å². The molecule has 1 N–H and O–H groups in total. The Balaban J connectivity index is 1.70. The number of sulfone groups is 1. The molecule has 3 aromatic rings. The second kappa shape index (κ2) is 8.81. The van der Waals surface area contributed by atoms with Gasteiger partial charge in [0, 0.05) is 18.9 Å². The van der Waals surface area contributed by atoms with E-state index >= 15 is 0 Å². The number of anilines is 1. The molecule has 7 nitrogen and oxygen atoms in total. The molecule has 0 unspecified atom stereocenters. The highest BCUT2D eigenvalue weighted by Crippen LogP contribution is 2.25. The van der Waals surface area contributed by atoms with E-state index < -0.39 is 19.9 Å². The molecule has 1 atom stereocenters. The first-order valence-corrected chi connectivity index (χ1v) is 13.4. The van der Waals surface area contributed by atoms with Crippen LogP contribution in [-0.2, 0) is 19.9 Å². The summed E-state index contributed by atoms with van der Waals surface area (Å²) < 4.78 is 49.8. The van der Waals surface area contributed by atoms with Crippen LogP contribution >= 0.6 is 11.3 Å². The topological polar surface area (TPSA) is 101 Å². The molecule has 3 rings (SSSR count). The smallest absolute Gasteiger partial charge is 0.273 e. The van der Waals surface area contributed by atoms with Crippen LogP contribution in [0.4, 0.5) is 5.69 Å². The van der Waals surface area contributed by atoms with Gasteiger partial charge in [-0.2, -0.15) is 0 Å². The SMILES string of the molecule is C[C@@H](NC(=O)c1ccc(N(C)S(=O)(=O)c2cccs2)cc1)c1ccc(S(C)(=O)=O)cc1. The maximum Gasteiger partial charge on any atom is 0.273 e. The van der Waals surface area contributed by atoms with Crippen molar-refractivity contribution in [2.24, 2.45) is 0 Å². The molecule has 0 spiro atoms. The van der Waals surface area contributed by atoms with Crippen LogP contribution in [0.15, 0.2) is 75.1 Å². The fraction of sp³-hybridized carbons (Fsp3) is 0.190. The number of sulfonamides is 1. The molecule has 0 fully saturated rings. The number of hydrogen-bond acceptors (Lipinski definition) is 6. The monoisotopic (exact) mass is 478 g/mol. The van der Waals surface area contributed by atoms with Crippen LogP contribution in [0.5, 0.6) is 0 Å². The van der Waals surface area contributed by atoms with Crippen LogP contribution in [0.1, 0.15) is 28.9 Å². The maximum atomic E-state index is 12.6. The molecular weight excluding hydrogens is 456 g/mol. The maximum absolute atomic E-state index is 12.6. The molecule has 0 aliphatic rings. The molecule has 0 aliphatic heterocycles. The fourth-order valence-electron chi connectivity index (χ4n) is 2.87. The summed E-state index contributed by atoms with van der Waals surface area (Å²) in [6, 6.07) is 15.5. The Hall–Kier alpha value is -2.69. The molecule has 0 radical (unpaired) electrons. The predicted molar refractivity (Wildman–Crippen MR) is 122 cm³/mol. The zero-order valence-electron chi connectivity index (χ0n) is 17.1. The number of rotatable bonds is 7. The highest BCUT2D eigenvalue weighted by Gasteiger charge is 2.22. The van der Waals surface area contributed by atoms with E-state index in [1.807, 2.05) is 0 Å². The van der Waals surface area contributed by atoms with Crippen molar-refractivity contribution < 1.29 is 21.6 Å². The molecule has 1 heterocycles. The Kier molecular flexibility index (Phi) is 6.54. The number of nitrogens with zero attached hydrogens (tertiary/aromatic N) is 1. The Morgan fingerprint density at radius 2 is 1.58 bits per heavy atom. The molecule has 1 amide bonds. The van der Waals surface area contributed by atoms with Crippen molar-refractivity contribution in [3.63, 3.8) is 0 Å². The van der Waals surface area contributed by atoms with E-state index in [-0.39, 0.29) is 21.1 Å². The third-order valence-electron chi connectivity index (χ3n) is 4.76. The molecule has 0 bridgehead atoms. The molecular formula is C21H22N2O5S3. The zero-order valence-corrected chi connectivity index (χ0v) is 19.6. The Bertz CT molecular complexity index is 1270. The van der Waals surface area contributed by atoms with Crippen LogP contribution in [0.2, 0.25) is 0 Å². The first-order valence-electron chi connectivity index (χ1n) is 9.23. The summed E-state index contributed by atoms with van der Waals surface area (Å²) >= 11 is 1.14. The highest BCUT2D eigenvalue weighted by molar-refractivity contribution is 7.94. The molecule has 164 valence electrons. The minimum Gasteiger partial charge on any atom is -0.346 e. The van der Waals surface area contributed by atoms with E-state index in [0.717, 1.165) is 23.2 Å². The van der Waals surface area contributed by atoms with Crippen molar-refractivity contribution in [2.45, 2.75) is 22.1 Å². The van der Waals surface area contributed by atoms with Crippen molar-refractivity contribution in [2.75, 3.05) is 17.6 Å². The average molecular weight is 479 g/mol. The molecule has 31 heavy (non-hydrogen) atoms. The van der Waals surface area contributed by atoms with Gasteiger partial charge in [-0.1, -0.05) is 18.2 Å². The first-order chi connectivity index (χ1) is 14.5. The van der Waals surface area contributed by atoms with Gasteiger partial charge >= 0.3 is 0 Å². The van der Waals surface area contributed by atoms with Gasteiger partial charge in [0.1, 0.15) is 4.21 Å². The number of carbonyl (C=O) groups is 1. The lowest BCUT2D eigenvalue weighted by Gasteiger charge is -2.19. The van der Waals surface area contributed by atoms with Crippen LogP contribution in [0.25, 0.3) is 0 Å². The fourth-order valence-corrected chi connectivity index (χ4v) is 5.86. The van der Waals surface area contributed by atoms with Gasteiger partial charge < -0.3 is 5.32 Å². The van der Waals surface area contributed by atoms with Gasteiger partial charge in [-0.3, -0.25) is 9.10 Å². The summed E-state index contributed by atoms with van der Waals surface area (Å²) in [5, 5.41) is 4.55. The summed E-state index contributed by atoms with van der Waals surface area (Å²) in [6.07, 6.45) is 1.14.